The summed E-state index contributed by atoms with van der Waals surface area (Å²) in [5.41, 5.74) is 0. The van der Waals surface area contributed by atoms with Crippen LogP contribution in [0.25, 0.3) is 0 Å². The second-order valence-electron chi connectivity index (χ2n) is 5.54. The van der Waals surface area contributed by atoms with Crippen LogP contribution in [-0.2, 0) is 14.2 Å². The summed E-state index contributed by atoms with van der Waals surface area (Å²) in [6.45, 7) is 1.94. The van der Waals surface area contributed by atoms with E-state index < -0.39 is 12.1 Å². The minimum atomic E-state index is -1.15. The quantitative estimate of drug-likeness (QED) is 0.381. The molecule has 0 amide bonds. The van der Waals surface area contributed by atoms with E-state index in [1.807, 2.05) is 0 Å². The molecule has 2 atom stereocenters. The Hall–Kier alpha value is -0.200. The largest absolute Gasteiger partial charge is 0.394 e. The first-order valence-electron chi connectivity index (χ1n) is 8.04. The Kier molecular flexibility index (Phi) is 12.2. The smallest absolute Gasteiger partial charge is 0.285 e. The van der Waals surface area contributed by atoms with Crippen molar-refractivity contribution in [1.82, 2.24) is 0 Å². The molecule has 0 heterocycles. The topological polar surface area (TPSA) is 68.2 Å². The molecule has 0 aromatic rings. The monoisotopic (exact) mass is 306 g/mol. The number of aliphatic hydroxyl groups excluding tert-OH is 2. The summed E-state index contributed by atoms with van der Waals surface area (Å²) in [5, 5.41) is 18.8. The molecule has 0 fully saturated rings. The zero-order chi connectivity index (χ0) is 16.1. The molecule has 0 aromatic carbocycles. The lowest BCUT2D eigenvalue weighted by Crippen LogP contribution is -2.45. The molecule has 0 aliphatic heterocycles. The maximum atomic E-state index is 9.73. The van der Waals surface area contributed by atoms with E-state index in [9.17, 15) is 5.11 Å². The van der Waals surface area contributed by atoms with Crippen molar-refractivity contribution < 1.29 is 24.4 Å². The van der Waals surface area contributed by atoms with Crippen LogP contribution < -0.4 is 0 Å². The van der Waals surface area contributed by atoms with Crippen molar-refractivity contribution in [3.05, 3.63) is 0 Å². The summed E-state index contributed by atoms with van der Waals surface area (Å²) in [4.78, 5) is 0. The minimum Gasteiger partial charge on any atom is -0.394 e. The van der Waals surface area contributed by atoms with Crippen molar-refractivity contribution in [3.63, 3.8) is 0 Å². The fourth-order valence-corrected chi connectivity index (χ4v) is 2.76. The van der Waals surface area contributed by atoms with Gasteiger partial charge in [0.2, 0.25) is 0 Å². The van der Waals surface area contributed by atoms with Gasteiger partial charge in [0.25, 0.3) is 5.97 Å². The third-order valence-corrected chi connectivity index (χ3v) is 4.03. The number of hydrogen-bond donors (Lipinski definition) is 2. The highest BCUT2D eigenvalue weighted by Crippen LogP contribution is 2.32. The van der Waals surface area contributed by atoms with Crippen LogP contribution in [0.5, 0.6) is 0 Å². The van der Waals surface area contributed by atoms with Crippen LogP contribution in [0.15, 0.2) is 0 Å². The highest BCUT2D eigenvalue weighted by molar-refractivity contribution is 4.74. The molecule has 2 unspecified atom stereocenters. The first-order chi connectivity index (χ1) is 10.1. The van der Waals surface area contributed by atoms with E-state index >= 15 is 0 Å². The van der Waals surface area contributed by atoms with Crippen LogP contribution in [0.3, 0.4) is 0 Å². The van der Waals surface area contributed by atoms with E-state index in [0.29, 0.717) is 6.42 Å². The van der Waals surface area contributed by atoms with Crippen molar-refractivity contribution in [2.75, 3.05) is 27.9 Å². The molecule has 0 bridgehead atoms. The Morgan fingerprint density at radius 3 is 1.90 bits per heavy atom. The highest BCUT2D eigenvalue weighted by Gasteiger charge is 2.40. The second-order valence-corrected chi connectivity index (χ2v) is 5.54. The van der Waals surface area contributed by atoms with E-state index in [1.54, 1.807) is 0 Å². The summed E-state index contributed by atoms with van der Waals surface area (Å²) in [7, 11) is 4.60. The first-order valence-corrected chi connectivity index (χ1v) is 8.04. The number of hydrogen-bond acceptors (Lipinski definition) is 5. The molecule has 128 valence electrons. The van der Waals surface area contributed by atoms with E-state index in [2.05, 4.69) is 6.92 Å². The van der Waals surface area contributed by atoms with Gasteiger partial charge in [0.15, 0.2) is 0 Å². The molecule has 0 rings (SSSR count). The SMILES string of the molecule is CCCCCCCCC(CC(O)CO)C(OC)(OC)OC. The molecule has 0 aliphatic carbocycles. The molecule has 0 spiro atoms. The summed E-state index contributed by atoms with van der Waals surface area (Å²) >= 11 is 0. The molecule has 5 nitrogen and oxygen atoms in total. The van der Waals surface area contributed by atoms with Crippen LogP contribution in [0, 0.1) is 5.92 Å². The van der Waals surface area contributed by atoms with Gasteiger partial charge in [-0.15, -0.1) is 0 Å². The van der Waals surface area contributed by atoms with E-state index in [0.717, 1.165) is 19.3 Å². The fourth-order valence-electron chi connectivity index (χ4n) is 2.76. The van der Waals surface area contributed by atoms with Crippen LogP contribution >= 0.6 is 0 Å². The molecule has 21 heavy (non-hydrogen) atoms. The lowest BCUT2D eigenvalue weighted by molar-refractivity contribution is -0.382. The predicted octanol–water partition coefficient (Wildman–Crippen LogP) is 2.69. The minimum absolute atomic E-state index is 0.120. The van der Waals surface area contributed by atoms with Crippen molar-refractivity contribution in [1.29, 1.82) is 0 Å². The van der Waals surface area contributed by atoms with Gasteiger partial charge >= 0.3 is 0 Å². The second kappa shape index (κ2) is 12.4. The summed E-state index contributed by atoms with van der Waals surface area (Å²) in [6.07, 6.45) is 7.64. The van der Waals surface area contributed by atoms with Gasteiger partial charge in [-0.3, -0.25) is 0 Å². The highest BCUT2D eigenvalue weighted by atomic mass is 16.9. The maximum Gasteiger partial charge on any atom is 0.285 e. The van der Waals surface area contributed by atoms with Crippen molar-refractivity contribution in [2.45, 2.75) is 70.4 Å². The van der Waals surface area contributed by atoms with Gasteiger partial charge < -0.3 is 24.4 Å². The van der Waals surface area contributed by atoms with Gasteiger partial charge in [-0.2, -0.15) is 0 Å². The van der Waals surface area contributed by atoms with Crippen LogP contribution in [-0.4, -0.2) is 50.2 Å². The summed E-state index contributed by atoms with van der Waals surface area (Å²) < 4.78 is 16.2. The van der Waals surface area contributed by atoms with Crippen molar-refractivity contribution in [3.8, 4) is 0 Å². The molecular formula is C16H34O5. The molecule has 5 heteroatoms. The van der Waals surface area contributed by atoms with Crippen LogP contribution in [0.2, 0.25) is 0 Å². The summed E-state index contributed by atoms with van der Waals surface area (Å²) in [6, 6.07) is 0. The molecule has 0 saturated heterocycles. The average molecular weight is 306 g/mol. The third kappa shape index (κ3) is 7.56. The molecule has 2 N–H and O–H groups in total. The van der Waals surface area contributed by atoms with Crippen molar-refractivity contribution >= 4 is 0 Å². The van der Waals surface area contributed by atoms with E-state index in [4.69, 9.17) is 19.3 Å². The predicted molar refractivity (Wildman–Crippen MR) is 83.0 cm³/mol. The Balaban J connectivity index is 4.45. The zero-order valence-corrected chi connectivity index (χ0v) is 14.1. The number of ether oxygens (including phenoxy) is 3. The van der Waals surface area contributed by atoms with Crippen LogP contribution in [0.4, 0.5) is 0 Å². The first kappa shape index (κ1) is 20.8. The molecule has 0 aromatic heterocycles. The third-order valence-electron chi connectivity index (χ3n) is 4.03. The number of rotatable bonds is 14. The van der Waals surface area contributed by atoms with E-state index in [1.165, 1.54) is 47.0 Å². The maximum absolute atomic E-state index is 9.73. The lowest BCUT2D eigenvalue weighted by Gasteiger charge is -2.37. The Morgan fingerprint density at radius 2 is 1.43 bits per heavy atom. The van der Waals surface area contributed by atoms with Gasteiger partial charge in [-0.25, -0.2) is 0 Å². The van der Waals surface area contributed by atoms with Crippen LogP contribution in [0.1, 0.15) is 58.3 Å². The van der Waals surface area contributed by atoms with Gasteiger partial charge in [0.05, 0.1) is 12.7 Å². The Bertz CT molecular complexity index is 222. The zero-order valence-electron chi connectivity index (χ0n) is 14.1. The van der Waals surface area contributed by atoms with Gasteiger partial charge in [-0.1, -0.05) is 45.4 Å². The molecule has 0 saturated carbocycles. The average Bonchev–Trinajstić information content (AvgIpc) is 2.52. The van der Waals surface area contributed by atoms with Gasteiger partial charge in [0, 0.05) is 27.2 Å². The Morgan fingerprint density at radius 1 is 0.905 bits per heavy atom. The number of methoxy groups -OCH3 is 3. The molecule has 0 radical (unpaired) electrons. The van der Waals surface area contributed by atoms with Crippen molar-refractivity contribution in [2.24, 2.45) is 5.92 Å². The standard InChI is InChI=1S/C16H34O5/c1-5-6-7-8-9-10-11-14(12-15(18)13-17)16(19-2,20-3)21-4/h14-15,17-18H,5-13H2,1-4H3. The van der Waals surface area contributed by atoms with Gasteiger partial charge in [-0.05, 0) is 12.8 Å². The lowest BCUT2D eigenvalue weighted by atomic mass is 9.92. The molecule has 0 aliphatic rings. The number of unbranched alkanes of at least 4 members (excludes halogenated alkanes) is 5. The normalized spacial score (nSPS) is 15.1. The number of aliphatic hydroxyl groups is 2. The summed E-state index contributed by atoms with van der Waals surface area (Å²) in [5.74, 6) is -1.27. The van der Waals surface area contributed by atoms with Gasteiger partial charge in [0.1, 0.15) is 0 Å². The molecular weight excluding hydrogens is 272 g/mol. The Labute approximate surface area is 129 Å². The van der Waals surface area contributed by atoms with E-state index in [-0.39, 0.29) is 12.5 Å². The fraction of sp³-hybridized carbons (Fsp3) is 1.00.